The Hall–Kier alpha value is -2.90. The van der Waals surface area contributed by atoms with Crippen molar-refractivity contribution in [2.75, 3.05) is 6.61 Å². The van der Waals surface area contributed by atoms with Crippen molar-refractivity contribution in [2.45, 2.75) is 13.0 Å². The molecule has 0 bridgehead atoms. The fraction of sp³-hybridized carbons (Fsp3) is 0.214. The van der Waals surface area contributed by atoms with E-state index in [0.717, 1.165) is 6.07 Å². The van der Waals surface area contributed by atoms with Crippen molar-refractivity contribution in [1.29, 1.82) is 0 Å². The number of primary amides is 1. The smallest absolute Gasteiger partial charge is 0.343 e. The van der Waals surface area contributed by atoms with Gasteiger partial charge in [-0.05, 0) is 18.2 Å². The lowest BCUT2D eigenvalue weighted by Gasteiger charge is -2.14. The van der Waals surface area contributed by atoms with Crippen molar-refractivity contribution in [3.63, 3.8) is 0 Å². The van der Waals surface area contributed by atoms with Crippen molar-refractivity contribution in [3.8, 4) is 17.1 Å². The zero-order chi connectivity index (χ0) is 15.9. The summed E-state index contributed by atoms with van der Waals surface area (Å²) >= 11 is 0. The lowest BCUT2D eigenvalue weighted by molar-refractivity contribution is 0.0690. The van der Waals surface area contributed by atoms with E-state index in [9.17, 15) is 19.1 Å². The van der Waals surface area contributed by atoms with Gasteiger partial charge in [0.2, 0.25) is 11.8 Å². The molecule has 0 radical (unpaired) electrons. The van der Waals surface area contributed by atoms with Crippen LogP contribution in [0.5, 0.6) is 5.88 Å². The molecule has 1 aromatic heterocycles. The molecule has 8 heteroatoms. The second kappa shape index (κ2) is 5.14. The van der Waals surface area contributed by atoms with Gasteiger partial charge >= 0.3 is 5.97 Å². The van der Waals surface area contributed by atoms with Crippen molar-refractivity contribution >= 4 is 11.9 Å². The van der Waals surface area contributed by atoms with Crippen LogP contribution in [0.2, 0.25) is 0 Å². The molecule has 1 amide bonds. The number of benzene rings is 1. The Balaban J connectivity index is 2.18. The number of nitrogens with zero attached hydrogens (tertiary/aromatic N) is 2. The Morgan fingerprint density at radius 3 is 2.82 bits per heavy atom. The van der Waals surface area contributed by atoms with Crippen molar-refractivity contribution < 1.29 is 23.8 Å². The molecule has 7 nitrogen and oxygen atoms in total. The summed E-state index contributed by atoms with van der Waals surface area (Å²) < 4.78 is 21.0. The van der Waals surface area contributed by atoms with E-state index in [4.69, 9.17) is 10.5 Å². The molecule has 2 heterocycles. The van der Waals surface area contributed by atoms with E-state index in [1.807, 2.05) is 0 Å². The van der Waals surface area contributed by atoms with Crippen LogP contribution in [0.4, 0.5) is 4.39 Å². The molecule has 1 aliphatic heterocycles. The van der Waals surface area contributed by atoms with Crippen LogP contribution < -0.4 is 10.5 Å². The number of carboxylic acids is 1. The van der Waals surface area contributed by atoms with Crippen LogP contribution in [0.1, 0.15) is 27.1 Å². The second-order valence-corrected chi connectivity index (χ2v) is 4.82. The molecule has 22 heavy (non-hydrogen) atoms. The van der Waals surface area contributed by atoms with Crippen molar-refractivity contribution in [3.05, 3.63) is 35.1 Å². The van der Waals surface area contributed by atoms with Gasteiger partial charge < -0.3 is 15.6 Å². The number of carbonyl (C=O) groups excluding carboxylic acids is 1. The lowest BCUT2D eigenvalue weighted by atomic mass is 10.0. The average molecular weight is 305 g/mol. The van der Waals surface area contributed by atoms with E-state index >= 15 is 0 Å². The van der Waals surface area contributed by atoms with Crippen LogP contribution in [0.25, 0.3) is 11.3 Å². The molecular formula is C14H12FN3O4. The average Bonchev–Trinajstić information content (AvgIpc) is 2.86. The minimum Gasteiger partial charge on any atom is -0.477 e. The van der Waals surface area contributed by atoms with Gasteiger partial charge in [-0.1, -0.05) is 0 Å². The summed E-state index contributed by atoms with van der Waals surface area (Å²) in [6, 6.07) is 3.57. The molecule has 2 aromatic rings. The molecule has 0 aliphatic carbocycles. The number of ether oxygens (including phenoxy) is 1. The number of hydrogen-bond acceptors (Lipinski definition) is 4. The zero-order valence-electron chi connectivity index (χ0n) is 11.4. The Morgan fingerprint density at radius 1 is 1.41 bits per heavy atom. The van der Waals surface area contributed by atoms with Gasteiger partial charge in [0.05, 0.1) is 6.61 Å². The van der Waals surface area contributed by atoms with E-state index in [1.54, 1.807) is 0 Å². The first kappa shape index (κ1) is 14.1. The summed E-state index contributed by atoms with van der Waals surface area (Å²) in [5.74, 6) is -2.67. The molecule has 0 fully saturated rings. The Morgan fingerprint density at radius 2 is 2.18 bits per heavy atom. The quantitative estimate of drug-likeness (QED) is 0.888. The summed E-state index contributed by atoms with van der Waals surface area (Å²) in [5.41, 5.74) is 4.85. The molecule has 0 spiro atoms. The van der Waals surface area contributed by atoms with Crippen LogP contribution in [-0.4, -0.2) is 33.4 Å². The van der Waals surface area contributed by atoms with E-state index in [2.05, 4.69) is 5.10 Å². The van der Waals surface area contributed by atoms with Gasteiger partial charge in [0.15, 0.2) is 0 Å². The highest BCUT2D eigenvalue weighted by Crippen LogP contribution is 2.34. The van der Waals surface area contributed by atoms with Gasteiger partial charge in [0.25, 0.3) is 0 Å². The second-order valence-electron chi connectivity index (χ2n) is 4.82. The molecule has 0 saturated heterocycles. The van der Waals surface area contributed by atoms with E-state index < -0.39 is 17.7 Å². The summed E-state index contributed by atoms with van der Waals surface area (Å²) in [6.45, 7) is 0.880. The highest BCUT2D eigenvalue weighted by Gasteiger charge is 2.29. The number of amides is 1. The van der Waals surface area contributed by atoms with Gasteiger partial charge in [-0.15, -0.1) is 0 Å². The Kier molecular flexibility index (Phi) is 3.28. The summed E-state index contributed by atoms with van der Waals surface area (Å²) in [4.78, 5) is 22.5. The van der Waals surface area contributed by atoms with E-state index in [0.29, 0.717) is 19.6 Å². The SMILES string of the molecule is NC(=O)c1ccc(-c2nn3c(c2C(=O)O)OCCC3)c(F)c1. The van der Waals surface area contributed by atoms with Crippen LogP contribution in [0.15, 0.2) is 18.2 Å². The minimum atomic E-state index is -1.25. The highest BCUT2D eigenvalue weighted by atomic mass is 19.1. The minimum absolute atomic E-state index is 0.00153. The molecule has 0 saturated carbocycles. The maximum atomic E-state index is 14.2. The number of halogens is 1. The lowest BCUT2D eigenvalue weighted by Crippen LogP contribution is -2.16. The number of aryl methyl sites for hydroxylation is 1. The van der Waals surface area contributed by atoms with Gasteiger partial charge in [-0.3, -0.25) is 4.79 Å². The predicted octanol–water partition coefficient (Wildman–Crippen LogP) is 1.27. The number of aromatic carboxylic acids is 1. The van der Waals surface area contributed by atoms with Gasteiger partial charge in [-0.2, -0.15) is 5.10 Å². The molecule has 3 N–H and O–H groups in total. The van der Waals surface area contributed by atoms with Crippen molar-refractivity contribution in [2.24, 2.45) is 5.73 Å². The topological polar surface area (TPSA) is 107 Å². The summed E-state index contributed by atoms with van der Waals surface area (Å²) in [6.07, 6.45) is 0.691. The predicted molar refractivity (Wildman–Crippen MR) is 73.2 cm³/mol. The molecule has 0 unspecified atom stereocenters. The third-order valence-electron chi connectivity index (χ3n) is 3.38. The number of aromatic nitrogens is 2. The van der Waals surface area contributed by atoms with E-state index in [1.165, 1.54) is 16.8 Å². The monoisotopic (exact) mass is 305 g/mol. The highest BCUT2D eigenvalue weighted by molar-refractivity contribution is 5.98. The molecule has 1 aliphatic rings. The largest absolute Gasteiger partial charge is 0.477 e. The number of nitrogens with two attached hydrogens (primary N) is 1. The van der Waals surface area contributed by atoms with Gasteiger partial charge in [0.1, 0.15) is 17.1 Å². The normalized spacial score (nSPS) is 13.3. The van der Waals surface area contributed by atoms with Crippen LogP contribution in [0, 0.1) is 5.82 Å². The number of carbonyl (C=O) groups is 2. The van der Waals surface area contributed by atoms with Crippen LogP contribution in [-0.2, 0) is 6.54 Å². The molecule has 114 valence electrons. The van der Waals surface area contributed by atoms with Crippen LogP contribution in [0.3, 0.4) is 0 Å². The number of fused-ring (bicyclic) bond motifs is 1. The van der Waals surface area contributed by atoms with Crippen molar-refractivity contribution in [1.82, 2.24) is 9.78 Å². The Labute approximate surface area is 124 Å². The maximum absolute atomic E-state index is 14.2. The van der Waals surface area contributed by atoms with E-state index in [-0.39, 0.29) is 28.3 Å². The number of hydrogen-bond donors (Lipinski definition) is 2. The Bertz CT molecular complexity index is 785. The van der Waals surface area contributed by atoms with Gasteiger partial charge in [0, 0.05) is 24.1 Å². The zero-order valence-corrected chi connectivity index (χ0v) is 11.4. The molecular weight excluding hydrogens is 293 g/mol. The van der Waals surface area contributed by atoms with Crippen LogP contribution >= 0.6 is 0 Å². The molecule has 1 aromatic carbocycles. The first-order chi connectivity index (χ1) is 10.5. The first-order valence-electron chi connectivity index (χ1n) is 6.55. The summed E-state index contributed by atoms with van der Waals surface area (Å²) in [5, 5.41) is 13.5. The van der Waals surface area contributed by atoms with Gasteiger partial charge in [-0.25, -0.2) is 13.9 Å². The summed E-state index contributed by atoms with van der Waals surface area (Å²) in [7, 11) is 0. The maximum Gasteiger partial charge on any atom is 0.343 e. The number of rotatable bonds is 3. The standard InChI is InChI=1S/C14H12FN3O4/c15-9-6-7(12(16)19)2-3-8(9)11-10(14(20)21)13-18(17-11)4-1-5-22-13/h2-3,6H,1,4-5H2,(H2,16,19)(H,20,21). The number of carboxylic acid groups (broad SMARTS) is 1. The third-order valence-corrected chi connectivity index (χ3v) is 3.38. The third kappa shape index (κ3) is 2.18. The first-order valence-corrected chi connectivity index (χ1v) is 6.55. The molecule has 3 rings (SSSR count). The fourth-order valence-corrected chi connectivity index (χ4v) is 2.37. The molecule has 0 atom stereocenters. The fourth-order valence-electron chi connectivity index (χ4n) is 2.37.